The first-order valence-electron chi connectivity index (χ1n) is 5.14. The van der Waals surface area contributed by atoms with Gasteiger partial charge in [0.05, 0.1) is 12.0 Å². The zero-order chi connectivity index (χ0) is 12.3. The van der Waals surface area contributed by atoms with Gasteiger partial charge in [-0.05, 0) is 30.5 Å². The molecule has 88 valence electrons. The highest BCUT2D eigenvalue weighted by atomic mass is 79.9. The van der Waals surface area contributed by atoms with E-state index in [-0.39, 0.29) is 0 Å². The second kappa shape index (κ2) is 5.46. The minimum atomic E-state index is -0.966. The lowest BCUT2D eigenvalue weighted by Gasteiger charge is -2.18. The third-order valence-electron chi connectivity index (χ3n) is 2.68. The van der Waals surface area contributed by atoms with Gasteiger partial charge < -0.3 is 10.2 Å². The summed E-state index contributed by atoms with van der Waals surface area (Å²) in [5.41, 5.74) is 1.69. The summed E-state index contributed by atoms with van der Waals surface area (Å²) in [6.45, 7) is 3.69. The molecule has 0 saturated carbocycles. The topological polar surface area (TPSA) is 57.5 Å². The van der Waals surface area contributed by atoms with E-state index in [0.29, 0.717) is 12.0 Å². The first-order valence-corrected chi connectivity index (χ1v) is 5.93. The van der Waals surface area contributed by atoms with Crippen LogP contribution in [-0.2, 0) is 4.79 Å². The molecule has 2 atom stereocenters. The molecule has 4 heteroatoms. The molecule has 2 unspecified atom stereocenters. The van der Waals surface area contributed by atoms with Crippen LogP contribution in [0, 0.1) is 12.8 Å². The third-order valence-corrected chi connectivity index (χ3v) is 3.53. The molecule has 0 aromatic heterocycles. The third kappa shape index (κ3) is 2.83. The van der Waals surface area contributed by atoms with Crippen LogP contribution in [0.25, 0.3) is 0 Å². The van der Waals surface area contributed by atoms with Crippen LogP contribution in [0.2, 0.25) is 0 Å². The van der Waals surface area contributed by atoms with Gasteiger partial charge >= 0.3 is 5.97 Å². The van der Waals surface area contributed by atoms with Crippen LogP contribution in [0.4, 0.5) is 0 Å². The van der Waals surface area contributed by atoms with Crippen molar-refractivity contribution in [1.82, 2.24) is 0 Å². The Labute approximate surface area is 103 Å². The minimum absolute atomic E-state index is 0.405. The Morgan fingerprint density at radius 3 is 2.56 bits per heavy atom. The molecule has 1 rings (SSSR count). The number of rotatable bonds is 4. The number of carbonyl (C=O) groups is 1. The summed E-state index contributed by atoms with van der Waals surface area (Å²) < 4.78 is 0.879. The molecular formula is C12H15BrO3. The summed E-state index contributed by atoms with van der Waals surface area (Å²) in [5.74, 6) is -1.72. The summed E-state index contributed by atoms with van der Waals surface area (Å²) >= 11 is 3.36. The standard InChI is InChI=1S/C12H15BrO3/c1-3-9(12(15)16)11(14)8-5-4-7(2)10(13)6-8/h4-6,9,11,14H,3H2,1-2H3,(H,15,16). The van der Waals surface area contributed by atoms with Gasteiger partial charge in [-0.2, -0.15) is 0 Å². The molecule has 0 heterocycles. The van der Waals surface area contributed by atoms with Gasteiger partial charge in [-0.3, -0.25) is 4.79 Å². The van der Waals surface area contributed by atoms with Crippen LogP contribution in [0.5, 0.6) is 0 Å². The number of carboxylic acid groups (broad SMARTS) is 1. The van der Waals surface area contributed by atoms with Gasteiger partial charge in [0, 0.05) is 4.47 Å². The zero-order valence-corrected chi connectivity index (χ0v) is 10.9. The summed E-state index contributed by atoms with van der Waals surface area (Å²) in [4.78, 5) is 10.9. The molecule has 1 aromatic rings. The van der Waals surface area contributed by atoms with Gasteiger partial charge in [0.15, 0.2) is 0 Å². The molecule has 0 fully saturated rings. The van der Waals surface area contributed by atoms with Crippen molar-refractivity contribution in [2.45, 2.75) is 26.4 Å². The molecule has 1 aromatic carbocycles. The lowest BCUT2D eigenvalue weighted by molar-refractivity contribution is -0.146. The number of benzene rings is 1. The van der Waals surface area contributed by atoms with Gasteiger partial charge in [-0.1, -0.05) is 35.0 Å². The zero-order valence-electron chi connectivity index (χ0n) is 9.27. The van der Waals surface area contributed by atoms with E-state index in [0.717, 1.165) is 10.0 Å². The number of aliphatic carboxylic acids is 1. The van der Waals surface area contributed by atoms with Gasteiger partial charge in [0.1, 0.15) is 0 Å². The predicted octanol–water partition coefficient (Wildman–Crippen LogP) is 2.90. The lowest BCUT2D eigenvalue weighted by atomic mass is 9.93. The minimum Gasteiger partial charge on any atom is -0.481 e. The van der Waals surface area contributed by atoms with Crippen LogP contribution in [-0.4, -0.2) is 16.2 Å². The maximum atomic E-state index is 10.9. The molecule has 16 heavy (non-hydrogen) atoms. The van der Waals surface area contributed by atoms with Gasteiger partial charge in [-0.15, -0.1) is 0 Å². The monoisotopic (exact) mass is 286 g/mol. The Bertz CT molecular complexity index is 390. The Balaban J connectivity index is 2.99. The number of carboxylic acids is 1. The number of hydrogen-bond acceptors (Lipinski definition) is 2. The molecule has 0 saturated heterocycles. The molecular weight excluding hydrogens is 272 g/mol. The van der Waals surface area contributed by atoms with Gasteiger partial charge in [-0.25, -0.2) is 0 Å². The maximum absolute atomic E-state index is 10.9. The number of aliphatic hydroxyl groups excluding tert-OH is 1. The number of hydrogen-bond donors (Lipinski definition) is 2. The molecule has 0 radical (unpaired) electrons. The highest BCUT2D eigenvalue weighted by Gasteiger charge is 2.26. The van der Waals surface area contributed by atoms with Crippen LogP contribution in [0.1, 0.15) is 30.6 Å². The quantitative estimate of drug-likeness (QED) is 0.895. The van der Waals surface area contributed by atoms with Crippen molar-refractivity contribution in [2.24, 2.45) is 5.92 Å². The Hall–Kier alpha value is -0.870. The first kappa shape index (κ1) is 13.2. The number of aryl methyl sites for hydroxylation is 1. The molecule has 0 bridgehead atoms. The van der Waals surface area contributed by atoms with Crippen LogP contribution < -0.4 is 0 Å². The summed E-state index contributed by atoms with van der Waals surface area (Å²) in [6.07, 6.45) is -0.554. The van der Waals surface area contributed by atoms with Crippen molar-refractivity contribution < 1.29 is 15.0 Å². The van der Waals surface area contributed by atoms with Crippen molar-refractivity contribution >= 4 is 21.9 Å². The molecule has 0 aliphatic rings. The van der Waals surface area contributed by atoms with Gasteiger partial charge in [0.2, 0.25) is 0 Å². The fourth-order valence-electron chi connectivity index (χ4n) is 1.56. The maximum Gasteiger partial charge on any atom is 0.309 e. The van der Waals surface area contributed by atoms with E-state index in [1.807, 2.05) is 13.0 Å². The molecule has 0 aliphatic heterocycles. The van der Waals surface area contributed by atoms with E-state index in [2.05, 4.69) is 15.9 Å². The molecule has 0 spiro atoms. The van der Waals surface area contributed by atoms with Crippen LogP contribution in [0.3, 0.4) is 0 Å². The Morgan fingerprint density at radius 2 is 2.12 bits per heavy atom. The van der Waals surface area contributed by atoms with E-state index >= 15 is 0 Å². The molecule has 0 aliphatic carbocycles. The van der Waals surface area contributed by atoms with Crippen molar-refractivity contribution in [1.29, 1.82) is 0 Å². The van der Waals surface area contributed by atoms with Crippen molar-refractivity contribution in [2.75, 3.05) is 0 Å². The largest absolute Gasteiger partial charge is 0.481 e. The van der Waals surface area contributed by atoms with Crippen molar-refractivity contribution in [3.05, 3.63) is 33.8 Å². The van der Waals surface area contributed by atoms with Gasteiger partial charge in [0.25, 0.3) is 0 Å². The SMILES string of the molecule is CCC(C(=O)O)C(O)c1ccc(C)c(Br)c1. The normalized spacial score (nSPS) is 14.5. The average molecular weight is 287 g/mol. The summed E-state index contributed by atoms with van der Waals surface area (Å²) in [5, 5.41) is 18.9. The lowest BCUT2D eigenvalue weighted by Crippen LogP contribution is -2.21. The average Bonchev–Trinajstić information content (AvgIpc) is 2.22. The highest BCUT2D eigenvalue weighted by Crippen LogP contribution is 2.28. The molecule has 2 N–H and O–H groups in total. The second-order valence-corrected chi connectivity index (χ2v) is 4.66. The summed E-state index contributed by atoms with van der Waals surface area (Å²) in [7, 11) is 0. The molecule has 0 amide bonds. The summed E-state index contributed by atoms with van der Waals surface area (Å²) in [6, 6.07) is 5.39. The molecule has 3 nitrogen and oxygen atoms in total. The fourth-order valence-corrected chi connectivity index (χ4v) is 1.95. The van der Waals surface area contributed by atoms with E-state index in [1.54, 1.807) is 19.1 Å². The van der Waals surface area contributed by atoms with E-state index in [9.17, 15) is 9.90 Å². The van der Waals surface area contributed by atoms with Crippen LogP contribution >= 0.6 is 15.9 Å². The number of halogens is 1. The van der Waals surface area contributed by atoms with Crippen LogP contribution in [0.15, 0.2) is 22.7 Å². The smallest absolute Gasteiger partial charge is 0.309 e. The number of aliphatic hydroxyl groups is 1. The Morgan fingerprint density at radius 1 is 1.50 bits per heavy atom. The Kier molecular flexibility index (Phi) is 4.50. The van der Waals surface area contributed by atoms with Crippen molar-refractivity contribution in [3.63, 3.8) is 0 Å². The second-order valence-electron chi connectivity index (χ2n) is 3.81. The first-order chi connectivity index (χ1) is 7.47. The van der Waals surface area contributed by atoms with E-state index < -0.39 is 18.0 Å². The highest BCUT2D eigenvalue weighted by molar-refractivity contribution is 9.10. The van der Waals surface area contributed by atoms with E-state index in [4.69, 9.17) is 5.11 Å². The predicted molar refractivity (Wildman–Crippen MR) is 65.3 cm³/mol. The van der Waals surface area contributed by atoms with E-state index in [1.165, 1.54) is 0 Å². The fraction of sp³-hybridized carbons (Fsp3) is 0.417. The van der Waals surface area contributed by atoms with Crippen molar-refractivity contribution in [3.8, 4) is 0 Å².